The normalized spacial score (nSPS) is 11.2. The van der Waals surface area contributed by atoms with Crippen molar-refractivity contribution in [2.75, 3.05) is 0 Å². The zero-order chi connectivity index (χ0) is 9.14. The van der Waals surface area contributed by atoms with Gasteiger partial charge in [-0.25, -0.2) is 0 Å². The van der Waals surface area contributed by atoms with E-state index >= 15 is 0 Å². The van der Waals surface area contributed by atoms with Gasteiger partial charge in [-0.3, -0.25) is 0 Å². The van der Waals surface area contributed by atoms with Crippen LogP contribution < -0.4 is 8.70 Å². The summed E-state index contributed by atoms with van der Waals surface area (Å²) < 4.78 is 3.41. The van der Waals surface area contributed by atoms with Gasteiger partial charge in [0.1, 0.15) is 0 Å². The van der Waals surface area contributed by atoms with Crippen molar-refractivity contribution in [1.82, 2.24) is 0 Å². The predicted octanol–water partition coefficient (Wildman–Crippen LogP) is 1.61. The molecule has 0 aromatic heterocycles. The van der Waals surface area contributed by atoms with Gasteiger partial charge in [0.15, 0.2) is 0 Å². The number of hydrogen-bond donors (Lipinski definition) is 0. The summed E-state index contributed by atoms with van der Waals surface area (Å²) in [6.07, 6.45) is 0. The zero-order valence-electron chi connectivity index (χ0n) is 8.20. The maximum absolute atomic E-state index is 2.42. The van der Waals surface area contributed by atoms with Gasteiger partial charge in [-0.1, -0.05) is 0 Å². The molecule has 0 saturated heterocycles. The second-order valence-corrected chi connectivity index (χ2v) is 12.8. The Balaban J connectivity index is 3.09. The molecular formula is C10H16As2+2. The summed E-state index contributed by atoms with van der Waals surface area (Å²) in [5.74, 6) is 0. The zero-order valence-corrected chi connectivity index (χ0v) is 12.0. The molecule has 0 amide bonds. The number of rotatable bonds is 2. The van der Waals surface area contributed by atoms with Crippen LogP contribution in [0.25, 0.3) is 0 Å². The second kappa shape index (κ2) is 4.54. The number of benzene rings is 1. The van der Waals surface area contributed by atoms with Gasteiger partial charge < -0.3 is 0 Å². The van der Waals surface area contributed by atoms with Gasteiger partial charge in [-0.15, -0.1) is 0 Å². The first-order valence-corrected chi connectivity index (χ1v) is 13.4. The van der Waals surface area contributed by atoms with E-state index in [-0.39, 0.29) is 0 Å². The molecule has 1 aromatic carbocycles. The molecule has 0 nitrogen and oxygen atoms in total. The average molecular weight is 286 g/mol. The van der Waals surface area contributed by atoms with Crippen LogP contribution in [-0.4, -0.2) is 29.3 Å². The Labute approximate surface area is 84.9 Å². The first-order valence-electron chi connectivity index (χ1n) is 4.06. The Morgan fingerprint density at radius 1 is 0.750 bits per heavy atom. The molecule has 1 rings (SSSR count). The molecule has 0 heterocycles. The van der Waals surface area contributed by atoms with E-state index in [0.717, 1.165) is 0 Å². The van der Waals surface area contributed by atoms with Crippen LogP contribution in [0.4, 0.5) is 0 Å². The third-order valence-corrected chi connectivity index (χ3v) is 8.36. The third kappa shape index (κ3) is 2.41. The van der Waals surface area contributed by atoms with Gasteiger partial charge in [0.2, 0.25) is 0 Å². The van der Waals surface area contributed by atoms with Crippen molar-refractivity contribution in [2.45, 2.75) is 22.8 Å². The van der Waals surface area contributed by atoms with E-state index in [1.54, 1.807) is 8.70 Å². The molecule has 0 N–H and O–H groups in total. The predicted molar refractivity (Wildman–Crippen MR) is 60.7 cm³/mol. The van der Waals surface area contributed by atoms with E-state index in [1.165, 1.54) is 0 Å². The molecule has 0 aliphatic rings. The Kier molecular flexibility index (Phi) is 3.94. The van der Waals surface area contributed by atoms with Crippen molar-refractivity contribution in [1.29, 1.82) is 0 Å². The number of hydrogen-bond acceptors (Lipinski definition) is 0. The van der Waals surface area contributed by atoms with Crippen molar-refractivity contribution >= 4 is 38.0 Å². The molecule has 0 aliphatic carbocycles. The van der Waals surface area contributed by atoms with Gasteiger partial charge in [0, 0.05) is 0 Å². The Bertz CT molecular complexity index is 227. The molecule has 2 radical (unpaired) electrons. The third-order valence-electron chi connectivity index (χ3n) is 1.85. The Morgan fingerprint density at radius 3 is 1.33 bits per heavy atom. The van der Waals surface area contributed by atoms with Crippen LogP contribution in [0, 0.1) is 0 Å². The summed E-state index contributed by atoms with van der Waals surface area (Å²) >= 11 is -1.30. The van der Waals surface area contributed by atoms with Crippen molar-refractivity contribution in [3.05, 3.63) is 24.3 Å². The quantitative estimate of drug-likeness (QED) is 0.725. The molecule has 0 saturated carbocycles. The molecule has 0 unspecified atom stereocenters. The fourth-order valence-electron chi connectivity index (χ4n) is 1.22. The summed E-state index contributed by atoms with van der Waals surface area (Å²) in [5.41, 5.74) is 9.68. The first kappa shape index (κ1) is 10.4. The van der Waals surface area contributed by atoms with Crippen LogP contribution >= 0.6 is 0 Å². The summed E-state index contributed by atoms with van der Waals surface area (Å²) in [7, 11) is 0. The standard InChI is InChI=1S/C10H16As2/c1-11(2)9-7-5-6-8-10(9)12(3)4/h5-8H,1-4H3/q+2. The fraction of sp³-hybridized carbons (Fsp3) is 0.400. The molecule has 0 atom stereocenters. The fourth-order valence-corrected chi connectivity index (χ4v) is 9.43. The van der Waals surface area contributed by atoms with Gasteiger partial charge in [0.05, 0.1) is 0 Å². The van der Waals surface area contributed by atoms with E-state index < -0.39 is 29.3 Å². The van der Waals surface area contributed by atoms with Crippen LogP contribution in [0.5, 0.6) is 0 Å². The van der Waals surface area contributed by atoms with Crippen LogP contribution in [0.3, 0.4) is 0 Å². The molecule has 0 aliphatic heterocycles. The summed E-state index contributed by atoms with van der Waals surface area (Å²) in [5, 5.41) is 0. The van der Waals surface area contributed by atoms with Gasteiger partial charge in [0.25, 0.3) is 0 Å². The molecule has 0 spiro atoms. The SMILES string of the molecule is C[As+](C)c1ccccc1[As+](C)C. The second-order valence-electron chi connectivity index (χ2n) is 3.28. The van der Waals surface area contributed by atoms with Crippen molar-refractivity contribution in [3.8, 4) is 0 Å². The molecule has 64 valence electrons. The first-order chi connectivity index (χ1) is 5.63. The van der Waals surface area contributed by atoms with E-state index in [9.17, 15) is 0 Å². The van der Waals surface area contributed by atoms with Crippen molar-refractivity contribution < 1.29 is 0 Å². The minimum absolute atomic E-state index is 0.651. The molecule has 0 bridgehead atoms. The topological polar surface area (TPSA) is 0 Å². The molecule has 0 fully saturated rings. The summed E-state index contributed by atoms with van der Waals surface area (Å²) in [6, 6.07) is 9.05. The molecule has 2 heteroatoms. The van der Waals surface area contributed by atoms with Crippen molar-refractivity contribution in [2.24, 2.45) is 0 Å². The van der Waals surface area contributed by atoms with Gasteiger partial charge >= 0.3 is 85.1 Å². The van der Waals surface area contributed by atoms with E-state index in [2.05, 4.69) is 47.1 Å². The molecule has 12 heavy (non-hydrogen) atoms. The molecule has 1 aromatic rings. The Morgan fingerprint density at radius 2 is 1.08 bits per heavy atom. The average Bonchev–Trinajstić information content (AvgIpc) is 2.04. The van der Waals surface area contributed by atoms with Crippen LogP contribution in [0.15, 0.2) is 24.3 Å². The van der Waals surface area contributed by atoms with Crippen molar-refractivity contribution in [3.63, 3.8) is 0 Å². The summed E-state index contributed by atoms with van der Waals surface area (Å²) in [4.78, 5) is 0. The van der Waals surface area contributed by atoms with Crippen LogP contribution in [0.2, 0.25) is 22.8 Å². The minimum atomic E-state index is -0.651. The Hall–Kier alpha value is 0.337. The van der Waals surface area contributed by atoms with E-state index in [1.807, 2.05) is 0 Å². The molecular weight excluding hydrogens is 270 g/mol. The van der Waals surface area contributed by atoms with E-state index in [0.29, 0.717) is 0 Å². The maximum atomic E-state index is 2.42. The monoisotopic (exact) mass is 286 g/mol. The summed E-state index contributed by atoms with van der Waals surface area (Å²) in [6.45, 7) is 0. The van der Waals surface area contributed by atoms with Crippen LogP contribution in [-0.2, 0) is 0 Å². The van der Waals surface area contributed by atoms with Gasteiger partial charge in [-0.2, -0.15) is 0 Å². The van der Waals surface area contributed by atoms with Gasteiger partial charge in [-0.05, 0) is 0 Å². The van der Waals surface area contributed by atoms with Crippen LogP contribution in [0.1, 0.15) is 0 Å². The van der Waals surface area contributed by atoms with E-state index in [4.69, 9.17) is 0 Å².